The fourth-order valence-electron chi connectivity index (χ4n) is 5.50. The summed E-state index contributed by atoms with van der Waals surface area (Å²) in [4.78, 5) is 6.92. The Morgan fingerprint density at radius 3 is 2.25 bits per heavy atom. The van der Waals surface area contributed by atoms with Crippen LogP contribution in [0.3, 0.4) is 0 Å². The van der Waals surface area contributed by atoms with Gasteiger partial charge in [0.05, 0.1) is 17.8 Å². The molecule has 3 heterocycles. The van der Waals surface area contributed by atoms with E-state index in [2.05, 4.69) is 93.1 Å². The fraction of sp³-hybridized carbons (Fsp3) is 0.152. The molecule has 3 aromatic carbocycles. The number of hydrogen-bond acceptors (Lipinski definition) is 3. The first kappa shape index (κ1) is 26.3. The van der Waals surface area contributed by atoms with E-state index in [1.165, 1.54) is 11.3 Å². The number of nitrogens with zero attached hydrogens (tertiary/aromatic N) is 3. The summed E-state index contributed by atoms with van der Waals surface area (Å²) in [5, 5.41) is 4.25. The highest BCUT2D eigenvalue weighted by atomic mass is 79.9. The molecule has 2 atom stereocenters. The van der Waals surface area contributed by atoms with Crippen molar-refractivity contribution in [1.29, 1.82) is 0 Å². The van der Waals surface area contributed by atoms with Gasteiger partial charge in [-0.25, -0.2) is 0 Å². The Labute approximate surface area is 248 Å². The molecule has 7 heteroatoms. The van der Waals surface area contributed by atoms with E-state index < -0.39 is 0 Å². The van der Waals surface area contributed by atoms with Crippen molar-refractivity contribution in [2.45, 2.75) is 32.9 Å². The van der Waals surface area contributed by atoms with Gasteiger partial charge in [-0.2, -0.15) is 0 Å². The average Bonchev–Trinajstić information content (AvgIpc) is 3.46. The third-order valence-corrected chi connectivity index (χ3v) is 8.25. The van der Waals surface area contributed by atoms with Crippen LogP contribution in [-0.4, -0.2) is 14.7 Å². The minimum Gasteiger partial charge on any atom is -0.457 e. The van der Waals surface area contributed by atoms with E-state index in [4.69, 9.17) is 21.9 Å². The topological polar surface area (TPSA) is 42.3 Å². The number of thiocarbonyl (C=S) groups is 1. The lowest BCUT2D eigenvalue weighted by Gasteiger charge is -2.28. The standard InChI is InChI=1S/C33H29BrN4OS/c1-21-8-4-5-10-30(21)39-27-17-15-26(16-18-27)38-32(31(36-33(38)40)29-9-6-7-19-35-29)28-20-22(2)37(23(28)3)25-13-11-24(34)12-14-25/h4-20,31-32H,1-3H3,(H,36,40)/t31-,32+/m1/s1. The molecular weight excluding hydrogens is 580 g/mol. The van der Waals surface area contributed by atoms with E-state index in [1.54, 1.807) is 0 Å². The summed E-state index contributed by atoms with van der Waals surface area (Å²) in [6.45, 7) is 6.38. The molecule has 6 rings (SSSR count). The van der Waals surface area contributed by atoms with Crippen molar-refractivity contribution >= 4 is 38.9 Å². The van der Waals surface area contributed by atoms with Gasteiger partial charge in [0.2, 0.25) is 0 Å². The molecule has 1 aliphatic heterocycles. The normalized spacial score (nSPS) is 16.7. The zero-order valence-corrected chi connectivity index (χ0v) is 24.9. The highest BCUT2D eigenvalue weighted by Gasteiger charge is 2.42. The number of aryl methyl sites for hydroxylation is 2. The van der Waals surface area contributed by atoms with E-state index in [1.807, 2.05) is 61.7 Å². The summed E-state index contributed by atoms with van der Waals surface area (Å²) in [6, 6.07) is 32.7. The second-order valence-corrected chi connectivity index (χ2v) is 11.3. The molecule has 0 bridgehead atoms. The van der Waals surface area contributed by atoms with E-state index in [-0.39, 0.29) is 12.1 Å². The maximum Gasteiger partial charge on any atom is 0.174 e. The second-order valence-electron chi connectivity index (χ2n) is 10.00. The number of halogens is 1. The molecule has 200 valence electrons. The zero-order valence-electron chi connectivity index (χ0n) is 22.5. The summed E-state index contributed by atoms with van der Waals surface area (Å²) < 4.78 is 9.52. The maximum absolute atomic E-state index is 6.17. The molecule has 0 aliphatic carbocycles. The van der Waals surface area contributed by atoms with Crippen LogP contribution in [0.15, 0.2) is 108 Å². The van der Waals surface area contributed by atoms with E-state index in [0.717, 1.165) is 44.3 Å². The first-order valence-electron chi connectivity index (χ1n) is 13.2. The van der Waals surface area contributed by atoms with Gasteiger partial charge in [0, 0.05) is 33.4 Å². The predicted molar refractivity (Wildman–Crippen MR) is 169 cm³/mol. The molecule has 0 radical (unpaired) electrons. The summed E-state index contributed by atoms with van der Waals surface area (Å²) >= 11 is 9.53. The molecule has 40 heavy (non-hydrogen) atoms. The summed E-state index contributed by atoms with van der Waals surface area (Å²) in [7, 11) is 0. The van der Waals surface area contributed by atoms with Crippen LogP contribution >= 0.6 is 28.1 Å². The molecule has 0 unspecified atom stereocenters. The first-order chi connectivity index (χ1) is 19.4. The highest BCUT2D eigenvalue weighted by molar-refractivity contribution is 9.10. The lowest BCUT2D eigenvalue weighted by Crippen LogP contribution is -2.29. The van der Waals surface area contributed by atoms with Gasteiger partial charge in [-0.1, -0.05) is 40.2 Å². The van der Waals surface area contributed by atoms with Crippen molar-refractivity contribution in [1.82, 2.24) is 14.9 Å². The molecule has 0 saturated carbocycles. The predicted octanol–water partition coefficient (Wildman–Crippen LogP) is 8.53. The number of pyridine rings is 1. The van der Waals surface area contributed by atoms with Crippen molar-refractivity contribution in [3.63, 3.8) is 0 Å². The molecule has 2 aromatic heterocycles. The average molecular weight is 610 g/mol. The van der Waals surface area contributed by atoms with Crippen LogP contribution in [0.25, 0.3) is 5.69 Å². The van der Waals surface area contributed by atoms with Crippen molar-refractivity contribution < 1.29 is 4.74 Å². The molecule has 0 amide bonds. The van der Waals surface area contributed by atoms with E-state index in [0.29, 0.717) is 5.11 Å². The summed E-state index contributed by atoms with van der Waals surface area (Å²) in [5.41, 5.74) is 7.68. The van der Waals surface area contributed by atoms with Crippen LogP contribution in [0, 0.1) is 20.8 Å². The van der Waals surface area contributed by atoms with Crippen LogP contribution < -0.4 is 15.0 Å². The second kappa shape index (κ2) is 10.9. The number of anilines is 1. The van der Waals surface area contributed by atoms with Gasteiger partial charge in [-0.3, -0.25) is 4.98 Å². The Hall–Kier alpha value is -3.94. The third kappa shape index (κ3) is 4.91. The number of aromatic nitrogens is 2. The van der Waals surface area contributed by atoms with Crippen molar-refractivity contribution in [3.05, 3.63) is 136 Å². The van der Waals surface area contributed by atoms with Crippen LogP contribution in [0.2, 0.25) is 0 Å². The van der Waals surface area contributed by atoms with Gasteiger partial charge in [0.25, 0.3) is 0 Å². The Balaban J connectivity index is 1.41. The minimum absolute atomic E-state index is 0.0964. The largest absolute Gasteiger partial charge is 0.457 e. The smallest absolute Gasteiger partial charge is 0.174 e. The summed E-state index contributed by atoms with van der Waals surface area (Å²) in [5.74, 6) is 1.63. The van der Waals surface area contributed by atoms with Gasteiger partial charge in [-0.05, 0) is 117 Å². The molecule has 1 saturated heterocycles. The van der Waals surface area contributed by atoms with Crippen molar-refractivity contribution in [3.8, 4) is 17.2 Å². The molecule has 5 nitrogen and oxygen atoms in total. The number of rotatable bonds is 6. The number of hydrogen-bond donors (Lipinski definition) is 1. The van der Waals surface area contributed by atoms with Gasteiger partial charge in [0.15, 0.2) is 5.11 Å². The third-order valence-electron chi connectivity index (χ3n) is 7.41. The van der Waals surface area contributed by atoms with Gasteiger partial charge in [0.1, 0.15) is 11.5 Å². The lowest BCUT2D eigenvalue weighted by atomic mass is 9.96. The monoisotopic (exact) mass is 608 g/mol. The van der Waals surface area contributed by atoms with Gasteiger partial charge < -0.3 is 19.5 Å². The zero-order chi connectivity index (χ0) is 27.8. The van der Waals surface area contributed by atoms with Crippen LogP contribution in [0.5, 0.6) is 11.5 Å². The number of nitrogens with one attached hydrogen (secondary N) is 1. The van der Waals surface area contributed by atoms with E-state index >= 15 is 0 Å². The van der Waals surface area contributed by atoms with Crippen LogP contribution in [0.1, 0.15) is 40.3 Å². The van der Waals surface area contributed by atoms with E-state index in [9.17, 15) is 0 Å². The Bertz CT molecular complexity index is 1670. The van der Waals surface area contributed by atoms with Crippen LogP contribution in [0.4, 0.5) is 5.69 Å². The molecule has 1 aliphatic rings. The lowest BCUT2D eigenvalue weighted by molar-refractivity contribution is 0.479. The first-order valence-corrected chi connectivity index (χ1v) is 14.4. The van der Waals surface area contributed by atoms with Gasteiger partial charge >= 0.3 is 0 Å². The number of para-hydroxylation sites is 1. The summed E-state index contributed by atoms with van der Waals surface area (Å²) in [6.07, 6.45) is 1.84. The highest BCUT2D eigenvalue weighted by Crippen LogP contribution is 2.44. The maximum atomic E-state index is 6.17. The molecule has 5 aromatic rings. The SMILES string of the molecule is Cc1ccccc1Oc1ccc(N2C(=S)N[C@H](c3ccccn3)[C@@H]2c2cc(C)n(-c3ccc(Br)cc3)c2C)cc1. The fourth-order valence-corrected chi connectivity index (χ4v) is 6.11. The Morgan fingerprint density at radius 2 is 1.55 bits per heavy atom. The van der Waals surface area contributed by atoms with Gasteiger partial charge in [-0.15, -0.1) is 0 Å². The van der Waals surface area contributed by atoms with Crippen LogP contribution in [-0.2, 0) is 0 Å². The van der Waals surface area contributed by atoms with Crippen molar-refractivity contribution in [2.75, 3.05) is 4.90 Å². The number of benzene rings is 3. The molecular formula is C33H29BrN4OS. The van der Waals surface area contributed by atoms with Crippen molar-refractivity contribution in [2.24, 2.45) is 0 Å². The minimum atomic E-state index is -0.115. The number of ether oxygens (including phenoxy) is 1. The molecule has 1 N–H and O–H groups in total. The molecule has 1 fully saturated rings. The quantitative estimate of drug-likeness (QED) is 0.196. The Kier molecular flexibility index (Phi) is 7.17. The Morgan fingerprint density at radius 1 is 0.850 bits per heavy atom. The molecule has 0 spiro atoms.